The van der Waals surface area contributed by atoms with Gasteiger partial charge in [-0.1, -0.05) is 18.2 Å². The maximum Gasteiger partial charge on any atom is 0.155 e. The van der Waals surface area contributed by atoms with Crippen molar-refractivity contribution in [1.82, 2.24) is 0 Å². The topological polar surface area (TPSA) is 47.6 Å². The SMILES string of the molecule is O=C(CNc1ccccc1)C1CCOC2(CCOC2)C1. The van der Waals surface area contributed by atoms with E-state index < -0.39 is 0 Å². The van der Waals surface area contributed by atoms with Crippen molar-refractivity contribution in [3.05, 3.63) is 30.3 Å². The molecule has 2 saturated heterocycles. The van der Waals surface area contributed by atoms with Crippen molar-refractivity contribution in [1.29, 1.82) is 0 Å². The van der Waals surface area contributed by atoms with Gasteiger partial charge in [0.2, 0.25) is 0 Å². The first-order chi connectivity index (χ1) is 9.77. The van der Waals surface area contributed by atoms with E-state index in [1.54, 1.807) is 0 Å². The van der Waals surface area contributed by atoms with Crippen LogP contribution in [-0.2, 0) is 14.3 Å². The van der Waals surface area contributed by atoms with Gasteiger partial charge in [0.1, 0.15) is 0 Å². The molecule has 0 radical (unpaired) electrons. The standard InChI is InChI=1S/C16H21NO3/c18-15(11-17-14-4-2-1-3-5-14)13-6-8-20-16(10-13)7-9-19-12-16/h1-5,13,17H,6-12H2. The van der Waals surface area contributed by atoms with Crippen LogP contribution in [0.25, 0.3) is 0 Å². The molecule has 2 fully saturated rings. The van der Waals surface area contributed by atoms with Crippen molar-refractivity contribution in [2.24, 2.45) is 5.92 Å². The van der Waals surface area contributed by atoms with Gasteiger partial charge in [-0.3, -0.25) is 4.79 Å². The van der Waals surface area contributed by atoms with Crippen molar-refractivity contribution >= 4 is 11.5 Å². The highest BCUT2D eigenvalue weighted by Gasteiger charge is 2.42. The Bertz CT molecular complexity index is 454. The largest absolute Gasteiger partial charge is 0.378 e. The number of ketones is 1. The number of para-hydroxylation sites is 1. The summed E-state index contributed by atoms with van der Waals surface area (Å²) in [6.07, 6.45) is 2.56. The fourth-order valence-corrected chi connectivity index (χ4v) is 3.06. The third-order valence-electron chi connectivity index (χ3n) is 4.26. The average molecular weight is 275 g/mol. The number of Topliss-reactive ketones (excluding diaryl/α,β-unsaturated/α-hetero) is 1. The Morgan fingerprint density at radius 3 is 2.90 bits per heavy atom. The van der Waals surface area contributed by atoms with E-state index >= 15 is 0 Å². The van der Waals surface area contributed by atoms with Crippen molar-refractivity contribution in [3.63, 3.8) is 0 Å². The molecule has 0 bridgehead atoms. The molecular weight excluding hydrogens is 254 g/mol. The molecule has 2 aliphatic rings. The van der Waals surface area contributed by atoms with E-state index in [0.29, 0.717) is 19.8 Å². The highest BCUT2D eigenvalue weighted by atomic mass is 16.6. The van der Waals surface area contributed by atoms with E-state index in [4.69, 9.17) is 9.47 Å². The van der Waals surface area contributed by atoms with Crippen LogP contribution in [0.1, 0.15) is 19.3 Å². The summed E-state index contributed by atoms with van der Waals surface area (Å²) >= 11 is 0. The monoisotopic (exact) mass is 275 g/mol. The Morgan fingerprint density at radius 1 is 1.30 bits per heavy atom. The number of benzene rings is 1. The highest BCUT2D eigenvalue weighted by molar-refractivity contribution is 5.85. The molecule has 2 unspecified atom stereocenters. The zero-order valence-electron chi connectivity index (χ0n) is 11.6. The molecule has 4 nitrogen and oxygen atoms in total. The van der Waals surface area contributed by atoms with Gasteiger partial charge in [-0.15, -0.1) is 0 Å². The summed E-state index contributed by atoms with van der Waals surface area (Å²) in [5, 5.41) is 3.20. The van der Waals surface area contributed by atoms with Gasteiger partial charge < -0.3 is 14.8 Å². The van der Waals surface area contributed by atoms with E-state index in [2.05, 4.69) is 5.32 Å². The molecule has 0 saturated carbocycles. The summed E-state index contributed by atoms with van der Waals surface area (Å²) in [6.45, 7) is 2.46. The number of rotatable bonds is 4. The second-order valence-corrected chi connectivity index (χ2v) is 5.71. The molecule has 0 aliphatic carbocycles. The van der Waals surface area contributed by atoms with Crippen LogP contribution in [0.3, 0.4) is 0 Å². The van der Waals surface area contributed by atoms with Crippen LogP contribution in [0.4, 0.5) is 5.69 Å². The fraction of sp³-hybridized carbons (Fsp3) is 0.562. The lowest BCUT2D eigenvalue weighted by Crippen LogP contribution is -2.43. The quantitative estimate of drug-likeness (QED) is 0.915. The third kappa shape index (κ3) is 3.02. The highest BCUT2D eigenvalue weighted by Crippen LogP contribution is 2.36. The lowest BCUT2D eigenvalue weighted by Gasteiger charge is -2.36. The molecule has 3 rings (SSSR count). The van der Waals surface area contributed by atoms with Crippen molar-refractivity contribution in [2.45, 2.75) is 24.9 Å². The van der Waals surface area contributed by atoms with Crippen LogP contribution >= 0.6 is 0 Å². The summed E-state index contributed by atoms with van der Waals surface area (Å²) in [7, 11) is 0. The van der Waals surface area contributed by atoms with Gasteiger partial charge in [-0.25, -0.2) is 0 Å². The second-order valence-electron chi connectivity index (χ2n) is 5.71. The van der Waals surface area contributed by atoms with Gasteiger partial charge in [0.15, 0.2) is 5.78 Å². The van der Waals surface area contributed by atoms with E-state index in [1.807, 2.05) is 30.3 Å². The first-order valence-corrected chi connectivity index (χ1v) is 7.31. The summed E-state index contributed by atoms with van der Waals surface area (Å²) < 4.78 is 11.3. The smallest absolute Gasteiger partial charge is 0.155 e. The van der Waals surface area contributed by atoms with Crippen LogP contribution in [-0.4, -0.2) is 37.7 Å². The number of anilines is 1. The molecule has 2 aliphatic heterocycles. The Morgan fingerprint density at radius 2 is 2.15 bits per heavy atom. The Kier molecular flexibility index (Phi) is 4.03. The fourth-order valence-electron chi connectivity index (χ4n) is 3.06. The normalized spacial score (nSPS) is 29.5. The van der Waals surface area contributed by atoms with Gasteiger partial charge in [0, 0.05) is 31.2 Å². The number of hydrogen-bond acceptors (Lipinski definition) is 4. The molecule has 2 heterocycles. The first-order valence-electron chi connectivity index (χ1n) is 7.31. The predicted molar refractivity (Wildman–Crippen MR) is 76.8 cm³/mol. The van der Waals surface area contributed by atoms with Gasteiger partial charge in [-0.2, -0.15) is 0 Å². The second kappa shape index (κ2) is 5.94. The minimum absolute atomic E-state index is 0.0988. The molecule has 2 atom stereocenters. The minimum atomic E-state index is -0.189. The summed E-state index contributed by atoms with van der Waals surface area (Å²) in [6, 6.07) is 9.85. The Balaban J connectivity index is 1.54. The molecule has 1 aromatic carbocycles. The van der Waals surface area contributed by atoms with E-state index in [1.165, 1.54) is 0 Å². The van der Waals surface area contributed by atoms with Crippen LogP contribution in [0, 0.1) is 5.92 Å². The molecule has 1 aromatic rings. The number of hydrogen-bond donors (Lipinski definition) is 1. The summed E-state index contributed by atoms with van der Waals surface area (Å²) in [5.74, 6) is 0.380. The molecule has 108 valence electrons. The van der Waals surface area contributed by atoms with Gasteiger partial charge in [-0.05, 0) is 25.0 Å². The number of nitrogens with one attached hydrogen (secondary N) is 1. The van der Waals surface area contributed by atoms with Gasteiger partial charge >= 0.3 is 0 Å². The molecule has 4 heteroatoms. The Hall–Kier alpha value is -1.39. The number of ether oxygens (including phenoxy) is 2. The molecule has 20 heavy (non-hydrogen) atoms. The van der Waals surface area contributed by atoms with Crippen LogP contribution in [0.5, 0.6) is 0 Å². The first kappa shape index (κ1) is 13.6. The van der Waals surface area contributed by atoms with Crippen molar-refractivity contribution in [2.75, 3.05) is 31.7 Å². The van der Waals surface area contributed by atoms with E-state index in [9.17, 15) is 4.79 Å². The number of carbonyl (C=O) groups is 1. The maximum absolute atomic E-state index is 12.4. The molecule has 1 spiro atoms. The maximum atomic E-state index is 12.4. The predicted octanol–water partition coefficient (Wildman–Crippen LogP) is 2.25. The number of carbonyl (C=O) groups excluding carboxylic acids is 1. The molecule has 1 N–H and O–H groups in total. The summed E-state index contributed by atoms with van der Waals surface area (Å²) in [4.78, 5) is 12.4. The molecule has 0 aromatic heterocycles. The zero-order valence-corrected chi connectivity index (χ0v) is 11.6. The minimum Gasteiger partial charge on any atom is -0.378 e. The lowest BCUT2D eigenvalue weighted by atomic mass is 9.83. The molecule has 0 amide bonds. The van der Waals surface area contributed by atoms with Gasteiger partial charge in [0.25, 0.3) is 0 Å². The molecular formula is C16H21NO3. The van der Waals surface area contributed by atoms with E-state index in [0.717, 1.165) is 31.6 Å². The summed E-state index contributed by atoms with van der Waals surface area (Å²) in [5.41, 5.74) is 0.803. The lowest BCUT2D eigenvalue weighted by molar-refractivity contribution is -0.135. The third-order valence-corrected chi connectivity index (χ3v) is 4.26. The zero-order chi connectivity index (χ0) is 13.8. The van der Waals surface area contributed by atoms with Crippen molar-refractivity contribution in [3.8, 4) is 0 Å². The van der Waals surface area contributed by atoms with Crippen molar-refractivity contribution < 1.29 is 14.3 Å². The van der Waals surface area contributed by atoms with Crippen LogP contribution in [0.15, 0.2) is 30.3 Å². The van der Waals surface area contributed by atoms with Crippen LogP contribution in [0.2, 0.25) is 0 Å². The van der Waals surface area contributed by atoms with Crippen LogP contribution < -0.4 is 5.32 Å². The van der Waals surface area contributed by atoms with E-state index in [-0.39, 0.29) is 17.3 Å². The van der Waals surface area contributed by atoms with Gasteiger partial charge in [0.05, 0.1) is 18.8 Å². The average Bonchev–Trinajstić information content (AvgIpc) is 2.93. The Labute approximate surface area is 119 Å².